The Morgan fingerprint density at radius 3 is 2.36 bits per heavy atom. The first-order valence-electron chi connectivity index (χ1n) is 3.76. The number of thioether (sulfide) groups is 1. The smallest absolute Gasteiger partial charge is 0.166 e. The topological polar surface area (TPSA) is 0 Å². The molecule has 0 nitrogen and oxygen atoms in total. The van der Waals surface area contributed by atoms with Crippen molar-refractivity contribution < 1.29 is 13.2 Å². The van der Waals surface area contributed by atoms with Crippen molar-refractivity contribution in [2.24, 2.45) is 0 Å². The van der Waals surface area contributed by atoms with Crippen molar-refractivity contribution in [3.8, 4) is 0 Å². The number of benzene rings is 1. The van der Waals surface area contributed by atoms with Crippen LogP contribution in [-0.2, 0) is 6.18 Å². The molecule has 0 N–H and O–H groups in total. The maximum Gasteiger partial charge on any atom is 0.416 e. The Bertz CT molecular complexity index is 342. The van der Waals surface area contributed by atoms with Gasteiger partial charge in [-0.15, -0.1) is 11.8 Å². The third-order valence-corrected chi connectivity index (χ3v) is 2.38. The van der Waals surface area contributed by atoms with Gasteiger partial charge in [0.15, 0.2) is 0 Å². The normalized spacial score (nSPS) is 11.4. The molecule has 0 aliphatic heterocycles. The van der Waals surface area contributed by atoms with Gasteiger partial charge in [-0.1, -0.05) is 6.58 Å². The van der Waals surface area contributed by atoms with Gasteiger partial charge in [0, 0.05) is 4.90 Å². The molecule has 0 saturated carbocycles. The van der Waals surface area contributed by atoms with E-state index >= 15 is 0 Å². The molecule has 0 aliphatic rings. The maximum atomic E-state index is 12.4. The molecule has 0 bridgehead atoms. The van der Waals surface area contributed by atoms with Crippen LogP contribution in [0.15, 0.2) is 29.7 Å². The third kappa shape index (κ3) is 2.54. The molecule has 1 aromatic carbocycles. The van der Waals surface area contributed by atoms with Crippen molar-refractivity contribution in [3.63, 3.8) is 0 Å². The highest BCUT2D eigenvalue weighted by Crippen LogP contribution is 2.32. The van der Waals surface area contributed by atoms with Gasteiger partial charge in [0.25, 0.3) is 0 Å². The molecule has 1 aromatic rings. The van der Waals surface area contributed by atoms with Crippen molar-refractivity contribution in [1.29, 1.82) is 0 Å². The van der Waals surface area contributed by atoms with Crippen LogP contribution in [-0.4, -0.2) is 6.26 Å². The summed E-state index contributed by atoms with van der Waals surface area (Å²) >= 11 is 1.26. The minimum atomic E-state index is -4.31. The predicted octanol–water partition coefficient (Wildman–Crippen LogP) is 3.76. The summed E-state index contributed by atoms with van der Waals surface area (Å²) in [5, 5.41) is 0. The second kappa shape index (κ2) is 4.09. The fraction of sp³-hybridized carbons (Fsp3) is 0.200. The van der Waals surface area contributed by atoms with E-state index in [-0.39, 0.29) is 0 Å². The van der Waals surface area contributed by atoms with E-state index in [9.17, 15) is 13.2 Å². The Hall–Kier alpha value is -0.900. The first-order valence-corrected chi connectivity index (χ1v) is 4.99. The quantitative estimate of drug-likeness (QED) is 0.679. The van der Waals surface area contributed by atoms with E-state index in [1.54, 1.807) is 12.3 Å². The lowest BCUT2D eigenvalue weighted by molar-refractivity contribution is -0.137. The monoisotopic (exact) mass is 217 g/mol. The second-order valence-electron chi connectivity index (χ2n) is 2.62. The van der Waals surface area contributed by atoms with Crippen LogP contribution in [0.25, 0.3) is 0 Å². The molecule has 1 rings (SSSR count). The van der Waals surface area contributed by atoms with Gasteiger partial charge in [0.2, 0.25) is 0 Å². The molecule has 0 heterocycles. The molecule has 0 atom stereocenters. The fourth-order valence-electron chi connectivity index (χ4n) is 0.983. The van der Waals surface area contributed by atoms with E-state index in [0.29, 0.717) is 10.5 Å². The Kier molecular flexibility index (Phi) is 3.26. The summed E-state index contributed by atoms with van der Waals surface area (Å²) < 4.78 is 37.1. The molecule has 0 fully saturated rings. The van der Waals surface area contributed by atoms with Gasteiger partial charge in [0.1, 0.15) is 0 Å². The van der Waals surface area contributed by atoms with E-state index in [2.05, 4.69) is 12.7 Å². The molecular weight excluding hydrogens is 209 g/mol. The zero-order valence-electron chi connectivity index (χ0n) is 7.48. The van der Waals surface area contributed by atoms with Gasteiger partial charge in [-0.2, -0.15) is 13.2 Å². The summed E-state index contributed by atoms with van der Waals surface area (Å²) in [5.74, 6) is 0. The lowest BCUT2D eigenvalue weighted by Crippen LogP contribution is -2.05. The number of halogens is 3. The van der Waals surface area contributed by atoms with E-state index in [0.717, 1.165) is 12.1 Å². The highest BCUT2D eigenvalue weighted by Gasteiger charge is 2.30. The van der Waals surface area contributed by atoms with Crippen LogP contribution in [0.1, 0.15) is 11.1 Å². The predicted molar refractivity (Wildman–Crippen MR) is 51.2 cm³/mol. The largest absolute Gasteiger partial charge is 0.416 e. The zero-order valence-corrected chi connectivity index (χ0v) is 8.30. The molecular formula is C10H8F3S. The van der Waals surface area contributed by atoms with Gasteiger partial charge in [-0.05, 0) is 36.1 Å². The van der Waals surface area contributed by atoms with Crippen molar-refractivity contribution in [1.82, 2.24) is 0 Å². The summed E-state index contributed by atoms with van der Waals surface area (Å²) in [7, 11) is 0. The summed E-state index contributed by atoms with van der Waals surface area (Å²) in [4.78, 5) is 0.561. The van der Waals surface area contributed by atoms with Gasteiger partial charge in [-0.3, -0.25) is 0 Å². The van der Waals surface area contributed by atoms with Crippen LogP contribution in [0.5, 0.6) is 0 Å². The van der Waals surface area contributed by atoms with Crippen molar-refractivity contribution >= 4 is 11.8 Å². The molecule has 0 amide bonds. The number of alkyl halides is 3. The van der Waals surface area contributed by atoms with E-state index in [4.69, 9.17) is 0 Å². The number of hydrogen-bond acceptors (Lipinski definition) is 1. The van der Waals surface area contributed by atoms with Crippen LogP contribution in [0.4, 0.5) is 13.2 Å². The van der Waals surface area contributed by atoms with Crippen LogP contribution in [0.3, 0.4) is 0 Å². The van der Waals surface area contributed by atoms with Crippen LogP contribution in [0.2, 0.25) is 0 Å². The van der Waals surface area contributed by atoms with E-state index in [1.807, 2.05) is 0 Å². The summed E-state index contributed by atoms with van der Waals surface area (Å²) in [5.41, 5.74) is -0.292. The Morgan fingerprint density at radius 1 is 1.29 bits per heavy atom. The molecule has 4 heteroatoms. The Labute approximate surface area is 84.8 Å². The molecule has 14 heavy (non-hydrogen) atoms. The standard InChI is InChI=1S/C10H8F3S/c1-3-7-4-8(10(11,12)13)6-9(5-7)14-2/h4-6H,1H2,2H3. The fourth-order valence-corrected chi connectivity index (χ4v) is 1.47. The van der Waals surface area contributed by atoms with Gasteiger partial charge in [0.05, 0.1) is 5.56 Å². The molecule has 0 saturated heterocycles. The molecule has 1 radical (unpaired) electrons. The maximum absolute atomic E-state index is 12.4. The minimum absolute atomic E-state index is 0.365. The average molecular weight is 217 g/mol. The lowest BCUT2D eigenvalue weighted by atomic mass is 10.1. The Morgan fingerprint density at radius 2 is 1.93 bits per heavy atom. The molecule has 75 valence electrons. The SMILES string of the molecule is C=[C]c1cc(SC)cc(C(F)(F)F)c1. The number of rotatable bonds is 2. The van der Waals surface area contributed by atoms with E-state index < -0.39 is 11.7 Å². The first kappa shape index (κ1) is 11.2. The van der Waals surface area contributed by atoms with Gasteiger partial charge >= 0.3 is 6.18 Å². The summed E-state index contributed by atoms with van der Waals surface area (Å²) in [6.07, 6.45) is -0.133. The van der Waals surface area contributed by atoms with Crippen LogP contribution < -0.4 is 0 Å². The third-order valence-electron chi connectivity index (χ3n) is 1.67. The zero-order chi connectivity index (χ0) is 10.8. The molecule has 0 spiro atoms. The minimum Gasteiger partial charge on any atom is -0.166 e. The van der Waals surface area contributed by atoms with Crippen molar-refractivity contribution in [3.05, 3.63) is 42.0 Å². The highest BCUT2D eigenvalue weighted by atomic mass is 32.2. The lowest BCUT2D eigenvalue weighted by Gasteiger charge is -2.09. The molecule has 0 unspecified atom stereocenters. The molecule has 0 aromatic heterocycles. The van der Waals surface area contributed by atoms with Crippen molar-refractivity contribution in [2.75, 3.05) is 6.26 Å². The van der Waals surface area contributed by atoms with Gasteiger partial charge < -0.3 is 0 Å². The van der Waals surface area contributed by atoms with Gasteiger partial charge in [-0.25, -0.2) is 0 Å². The molecule has 0 aliphatic carbocycles. The first-order chi connectivity index (χ1) is 6.47. The number of hydrogen-bond donors (Lipinski definition) is 0. The van der Waals surface area contributed by atoms with Crippen LogP contribution >= 0.6 is 11.8 Å². The van der Waals surface area contributed by atoms with Crippen molar-refractivity contribution in [2.45, 2.75) is 11.1 Å². The summed E-state index contributed by atoms with van der Waals surface area (Å²) in [6, 6.07) is 3.77. The Balaban J connectivity index is 3.24. The second-order valence-corrected chi connectivity index (χ2v) is 3.50. The average Bonchev–Trinajstić information content (AvgIpc) is 2.15. The van der Waals surface area contributed by atoms with Crippen LogP contribution in [0, 0.1) is 6.08 Å². The van der Waals surface area contributed by atoms with E-state index in [1.165, 1.54) is 11.8 Å². The summed E-state index contributed by atoms with van der Waals surface area (Å²) in [6.45, 7) is 3.33. The highest BCUT2D eigenvalue weighted by molar-refractivity contribution is 7.98.